The molecule has 16 nitrogen and oxygen atoms in total. The van der Waals surface area contributed by atoms with E-state index >= 15 is 0 Å². The Balaban J connectivity index is 3.23. The molecule has 0 aromatic heterocycles. The van der Waals surface area contributed by atoms with Gasteiger partial charge in [0.05, 0.1) is 18.5 Å². The first-order chi connectivity index (χ1) is 21.4. The van der Waals surface area contributed by atoms with E-state index < -0.39 is 90.2 Å². The van der Waals surface area contributed by atoms with Gasteiger partial charge in [-0.1, -0.05) is 58.0 Å². The van der Waals surface area contributed by atoms with Crippen LogP contribution in [0.1, 0.15) is 58.9 Å². The molecule has 1 aromatic rings. The number of nitrogens with two attached hydrogens (primary N) is 1. The highest BCUT2D eigenvalue weighted by Gasteiger charge is 2.35. The molecule has 4 amide bonds. The summed E-state index contributed by atoms with van der Waals surface area (Å²) in [5, 5.41) is 47.7. The Morgan fingerprint density at radius 3 is 1.83 bits per heavy atom. The minimum absolute atomic E-state index is 0.0981. The molecule has 0 bridgehead atoms. The summed E-state index contributed by atoms with van der Waals surface area (Å²) >= 11 is 0. The van der Waals surface area contributed by atoms with Crippen LogP contribution < -0.4 is 27.0 Å². The average molecular weight is 652 g/mol. The molecule has 1 aromatic carbocycles. The van der Waals surface area contributed by atoms with E-state index in [0.29, 0.717) is 5.56 Å². The molecule has 0 saturated heterocycles. The number of carboxylic acids is 3. The Hall–Kier alpha value is -4.57. The van der Waals surface area contributed by atoms with Crippen LogP contribution in [0.3, 0.4) is 0 Å². The molecule has 0 unspecified atom stereocenters. The number of nitrogens with one attached hydrogen (secondary N) is 4. The van der Waals surface area contributed by atoms with Gasteiger partial charge < -0.3 is 47.4 Å². The normalized spacial score (nSPS) is 15.0. The van der Waals surface area contributed by atoms with Crippen molar-refractivity contribution in [1.29, 1.82) is 0 Å². The van der Waals surface area contributed by atoms with Gasteiger partial charge in [0.2, 0.25) is 17.7 Å². The number of carbonyl (C=O) groups excluding carboxylic acids is 4. The first kappa shape index (κ1) is 39.5. The molecule has 0 saturated carbocycles. The van der Waals surface area contributed by atoms with Crippen LogP contribution in [-0.4, -0.2) is 98.3 Å². The van der Waals surface area contributed by atoms with Crippen molar-refractivity contribution in [3.8, 4) is 0 Å². The monoisotopic (exact) mass is 651 g/mol. The van der Waals surface area contributed by atoms with Crippen LogP contribution in [-0.2, 0) is 40.0 Å². The zero-order valence-corrected chi connectivity index (χ0v) is 26.3. The fourth-order valence-electron chi connectivity index (χ4n) is 4.38. The Labute approximate surface area is 266 Å². The zero-order chi connectivity index (χ0) is 35.1. The third-order valence-electron chi connectivity index (χ3n) is 6.86. The van der Waals surface area contributed by atoms with Crippen LogP contribution in [0.2, 0.25) is 0 Å². The molecule has 0 heterocycles. The van der Waals surface area contributed by atoms with Crippen LogP contribution in [0.4, 0.5) is 0 Å². The molecular weight excluding hydrogens is 606 g/mol. The topological polar surface area (TPSA) is 275 Å². The first-order valence-electron chi connectivity index (χ1n) is 14.8. The molecule has 0 aliphatic carbocycles. The summed E-state index contributed by atoms with van der Waals surface area (Å²) in [6.07, 6.45) is -3.48. The lowest BCUT2D eigenvalue weighted by atomic mass is 9.97. The van der Waals surface area contributed by atoms with Crippen LogP contribution in [0.25, 0.3) is 0 Å². The maximum Gasteiger partial charge on any atom is 0.326 e. The highest BCUT2D eigenvalue weighted by atomic mass is 16.4. The lowest BCUT2D eigenvalue weighted by molar-refractivity contribution is -0.148. The molecule has 1 rings (SSSR count). The van der Waals surface area contributed by atoms with E-state index in [1.54, 1.807) is 58.0 Å². The number of rotatable bonds is 20. The Morgan fingerprint density at radius 1 is 0.739 bits per heavy atom. The number of hydrogen-bond acceptors (Lipinski definition) is 9. The molecule has 6 atom stereocenters. The van der Waals surface area contributed by atoms with Crippen LogP contribution >= 0.6 is 0 Å². The molecule has 0 fully saturated rings. The maximum atomic E-state index is 13.6. The molecule has 10 N–H and O–H groups in total. The smallest absolute Gasteiger partial charge is 0.326 e. The van der Waals surface area contributed by atoms with E-state index in [1.807, 2.05) is 5.32 Å². The molecule has 0 aliphatic heterocycles. The summed E-state index contributed by atoms with van der Waals surface area (Å²) in [4.78, 5) is 85.7. The first-order valence-corrected chi connectivity index (χ1v) is 14.8. The summed E-state index contributed by atoms with van der Waals surface area (Å²) in [6.45, 7) is 6.86. The quantitative estimate of drug-likeness (QED) is 0.0820. The van der Waals surface area contributed by atoms with E-state index in [9.17, 15) is 43.8 Å². The van der Waals surface area contributed by atoms with Gasteiger partial charge in [0.15, 0.2) is 6.10 Å². The summed E-state index contributed by atoms with van der Waals surface area (Å²) in [6, 6.07) is 1.69. The van der Waals surface area contributed by atoms with E-state index in [2.05, 4.69) is 16.0 Å². The number of carbonyl (C=O) groups is 7. The van der Waals surface area contributed by atoms with Gasteiger partial charge >= 0.3 is 17.9 Å². The third kappa shape index (κ3) is 14.0. The van der Waals surface area contributed by atoms with Gasteiger partial charge in [0, 0.05) is 6.42 Å². The average Bonchev–Trinajstić information content (AvgIpc) is 2.96. The Bertz CT molecular complexity index is 1220. The number of aliphatic hydroxyl groups excluding tert-OH is 1. The molecule has 0 aliphatic rings. The summed E-state index contributed by atoms with van der Waals surface area (Å²) in [5.74, 6) is -8.39. The van der Waals surface area contributed by atoms with E-state index in [4.69, 9.17) is 15.9 Å². The van der Waals surface area contributed by atoms with Crippen molar-refractivity contribution in [1.82, 2.24) is 21.3 Å². The highest BCUT2D eigenvalue weighted by molar-refractivity contribution is 5.94. The van der Waals surface area contributed by atoms with Crippen molar-refractivity contribution >= 4 is 41.5 Å². The summed E-state index contributed by atoms with van der Waals surface area (Å²) < 4.78 is 0. The van der Waals surface area contributed by atoms with Crippen molar-refractivity contribution in [2.24, 2.45) is 17.6 Å². The van der Waals surface area contributed by atoms with Crippen molar-refractivity contribution < 1.29 is 54.0 Å². The van der Waals surface area contributed by atoms with E-state index in [-0.39, 0.29) is 31.6 Å². The maximum absolute atomic E-state index is 13.6. The molecular formula is C30H45N5O11. The summed E-state index contributed by atoms with van der Waals surface area (Å²) in [5.41, 5.74) is 6.37. The number of benzene rings is 1. The van der Waals surface area contributed by atoms with Gasteiger partial charge in [-0.2, -0.15) is 0 Å². The molecule has 46 heavy (non-hydrogen) atoms. The van der Waals surface area contributed by atoms with Crippen molar-refractivity contribution in [2.75, 3.05) is 0 Å². The second-order valence-electron chi connectivity index (χ2n) is 11.7. The predicted molar refractivity (Wildman–Crippen MR) is 163 cm³/mol. The third-order valence-corrected chi connectivity index (χ3v) is 6.86. The van der Waals surface area contributed by atoms with Gasteiger partial charge in [-0.3, -0.25) is 28.8 Å². The van der Waals surface area contributed by atoms with Crippen molar-refractivity contribution in [3.05, 3.63) is 35.9 Å². The van der Waals surface area contributed by atoms with Crippen LogP contribution in [0.15, 0.2) is 30.3 Å². The predicted octanol–water partition coefficient (Wildman–Crippen LogP) is -1.02. The largest absolute Gasteiger partial charge is 0.481 e. The van der Waals surface area contributed by atoms with Crippen LogP contribution in [0, 0.1) is 11.8 Å². The number of aliphatic carboxylic acids is 3. The second kappa shape index (κ2) is 19.1. The summed E-state index contributed by atoms with van der Waals surface area (Å²) in [7, 11) is 0. The van der Waals surface area contributed by atoms with Crippen molar-refractivity contribution in [2.45, 2.75) is 96.1 Å². The highest BCUT2D eigenvalue weighted by Crippen LogP contribution is 2.12. The molecule has 0 radical (unpaired) electrons. The molecule has 256 valence electrons. The fraction of sp³-hybridized carbons (Fsp3) is 0.567. The molecule has 16 heteroatoms. The van der Waals surface area contributed by atoms with E-state index in [0.717, 1.165) is 0 Å². The zero-order valence-electron chi connectivity index (χ0n) is 26.3. The molecule has 0 spiro atoms. The number of carboxylic acid groups (broad SMARTS) is 3. The van der Waals surface area contributed by atoms with Crippen LogP contribution in [0.5, 0.6) is 0 Å². The fourth-order valence-corrected chi connectivity index (χ4v) is 4.38. The number of amides is 4. The number of aliphatic hydroxyl groups is 1. The van der Waals surface area contributed by atoms with Gasteiger partial charge in [0.1, 0.15) is 18.1 Å². The lowest BCUT2D eigenvalue weighted by Crippen LogP contribution is -2.60. The lowest BCUT2D eigenvalue weighted by Gasteiger charge is -2.29. The van der Waals surface area contributed by atoms with E-state index in [1.165, 1.54) is 0 Å². The van der Waals surface area contributed by atoms with Gasteiger partial charge in [-0.05, 0) is 36.7 Å². The Morgan fingerprint density at radius 2 is 1.33 bits per heavy atom. The minimum atomic E-state index is -2.02. The Kier molecular flexibility index (Phi) is 16.3. The van der Waals surface area contributed by atoms with Gasteiger partial charge in [-0.15, -0.1) is 0 Å². The number of hydrogen-bond donors (Lipinski definition) is 9. The SMILES string of the molecule is CC(C)C[C@H](NC(=O)[C@@H](NC(=O)[C@@H](N)CCC(=O)O)C(C)C)C(=O)N[C@@H](Cc1ccccc1)[C@@H](O)C(=O)N[C@H](CC(=O)O)C(=O)O. The van der Waals surface area contributed by atoms with Crippen molar-refractivity contribution in [3.63, 3.8) is 0 Å². The minimum Gasteiger partial charge on any atom is -0.481 e. The standard InChI is InChI=1S/C30H45N5O11/c1-15(2)12-20(33-28(43)24(16(3)4)35-26(41)18(31)10-11-22(36)37)27(42)32-19(13-17-8-6-5-7-9-17)25(40)29(44)34-21(30(45)46)14-23(38)39/h5-9,15-16,18-21,24-25,40H,10-14,31H2,1-4H3,(H,32,42)(H,33,43)(H,34,44)(H,35,41)(H,36,37)(H,38,39)(H,45,46)/t18-,19-,20-,21+,24-,25+/m0/s1. The second-order valence-corrected chi connectivity index (χ2v) is 11.7. The van der Waals surface area contributed by atoms with Gasteiger partial charge in [-0.25, -0.2) is 4.79 Å². The van der Waals surface area contributed by atoms with Gasteiger partial charge in [0.25, 0.3) is 5.91 Å².